The van der Waals surface area contributed by atoms with E-state index < -0.39 is 0 Å². The van der Waals surface area contributed by atoms with Gasteiger partial charge in [0.2, 0.25) is 0 Å². The zero-order chi connectivity index (χ0) is 11.7. The summed E-state index contributed by atoms with van der Waals surface area (Å²) in [4.78, 5) is 13.6. The molecule has 4 nitrogen and oxygen atoms in total. The molecule has 1 heterocycles. The number of nitro groups is 1. The van der Waals surface area contributed by atoms with Crippen LogP contribution in [0.5, 0.6) is 0 Å². The molecule has 0 amide bonds. The summed E-state index contributed by atoms with van der Waals surface area (Å²) in [5, 5.41) is 11.0. The molecule has 0 radical (unpaired) electrons. The van der Waals surface area contributed by atoms with Crippen molar-refractivity contribution < 1.29 is 4.92 Å². The van der Waals surface area contributed by atoms with Gasteiger partial charge >= 0.3 is 0 Å². The smallest absolute Gasteiger partial charge is 0.278 e. The van der Waals surface area contributed by atoms with Crippen molar-refractivity contribution in [1.29, 1.82) is 0 Å². The maximum absolute atomic E-state index is 11.0. The maximum Gasteiger partial charge on any atom is 0.278 e. The van der Waals surface area contributed by atoms with Crippen molar-refractivity contribution in [2.45, 2.75) is 13.8 Å². The van der Waals surface area contributed by atoms with Crippen LogP contribution in [0.1, 0.15) is 11.1 Å². The van der Waals surface area contributed by atoms with Crippen molar-refractivity contribution in [1.82, 2.24) is 4.98 Å². The van der Waals surface area contributed by atoms with Gasteiger partial charge in [-0.05, 0) is 43.2 Å². The number of aromatic nitrogens is 1. The summed E-state index contributed by atoms with van der Waals surface area (Å²) in [6.07, 6.45) is 1.76. The Labute approximate surface area is 93.1 Å². The third kappa shape index (κ3) is 1.69. The van der Waals surface area contributed by atoms with Gasteiger partial charge in [0, 0.05) is 12.3 Å². The van der Waals surface area contributed by atoms with Crippen LogP contribution < -0.4 is 0 Å². The molecule has 0 aliphatic carbocycles. The fraction of sp³-hybridized carbons (Fsp3) is 0.167. The fourth-order valence-corrected chi connectivity index (χ4v) is 1.67. The summed E-state index contributed by atoms with van der Waals surface area (Å²) >= 11 is 0. The number of aryl methyl sites for hydroxylation is 2. The second-order valence-corrected chi connectivity index (χ2v) is 3.79. The number of hydrogen-bond acceptors (Lipinski definition) is 2. The topological polar surface area (TPSA) is 58.9 Å². The first kappa shape index (κ1) is 10.4. The van der Waals surface area contributed by atoms with E-state index in [0.717, 1.165) is 16.8 Å². The number of aromatic amines is 1. The first-order valence-electron chi connectivity index (χ1n) is 4.99. The normalized spacial score (nSPS) is 10.4. The number of rotatable bonds is 2. The predicted molar refractivity (Wildman–Crippen MR) is 62.4 cm³/mol. The van der Waals surface area contributed by atoms with Crippen molar-refractivity contribution in [3.8, 4) is 11.3 Å². The van der Waals surface area contributed by atoms with E-state index in [1.807, 2.05) is 32.0 Å². The lowest BCUT2D eigenvalue weighted by molar-refractivity contribution is -0.384. The highest BCUT2D eigenvalue weighted by Gasteiger charge is 2.17. The van der Waals surface area contributed by atoms with E-state index in [1.54, 1.807) is 12.3 Å². The Bertz CT molecular complexity index is 530. The quantitative estimate of drug-likeness (QED) is 0.619. The van der Waals surface area contributed by atoms with Crippen LogP contribution in [0.2, 0.25) is 0 Å². The van der Waals surface area contributed by atoms with Crippen LogP contribution in [0.15, 0.2) is 30.5 Å². The molecule has 0 aliphatic heterocycles. The summed E-state index contributed by atoms with van der Waals surface area (Å²) in [5.74, 6) is 0. The summed E-state index contributed by atoms with van der Waals surface area (Å²) in [7, 11) is 0. The average Bonchev–Trinajstić information content (AvgIpc) is 2.74. The summed E-state index contributed by atoms with van der Waals surface area (Å²) in [6, 6.07) is 7.12. The zero-order valence-electron chi connectivity index (χ0n) is 9.15. The molecule has 2 rings (SSSR count). The van der Waals surface area contributed by atoms with Crippen molar-refractivity contribution in [3.05, 3.63) is 51.7 Å². The zero-order valence-corrected chi connectivity index (χ0v) is 9.15. The molecule has 0 saturated heterocycles. The van der Waals surface area contributed by atoms with Crippen LogP contribution in [0, 0.1) is 24.0 Å². The van der Waals surface area contributed by atoms with E-state index in [9.17, 15) is 10.1 Å². The number of hydrogen-bond donors (Lipinski definition) is 1. The highest BCUT2D eigenvalue weighted by atomic mass is 16.6. The van der Waals surface area contributed by atoms with E-state index in [1.165, 1.54) is 0 Å². The first-order valence-corrected chi connectivity index (χ1v) is 4.99. The van der Waals surface area contributed by atoms with Gasteiger partial charge in [-0.1, -0.05) is 0 Å². The number of nitrogens with one attached hydrogen (secondary N) is 1. The Morgan fingerprint density at radius 3 is 2.50 bits per heavy atom. The predicted octanol–water partition coefficient (Wildman–Crippen LogP) is 3.21. The monoisotopic (exact) mass is 216 g/mol. The average molecular weight is 216 g/mol. The lowest BCUT2D eigenvalue weighted by Gasteiger charge is -2.05. The lowest BCUT2D eigenvalue weighted by atomic mass is 10.0. The molecule has 16 heavy (non-hydrogen) atoms. The Kier molecular flexibility index (Phi) is 2.48. The van der Waals surface area contributed by atoms with Crippen LogP contribution in [0.25, 0.3) is 11.3 Å². The highest BCUT2D eigenvalue weighted by molar-refractivity contribution is 5.72. The van der Waals surface area contributed by atoms with Crippen molar-refractivity contribution in [2.24, 2.45) is 0 Å². The van der Waals surface area contributed by atoms with E-state index in [-0.39, 0.29) is 10.6 Å². The molecule has 0 spiro atoms. The second kappa shape index (κ2) is 3.81. The van der Waals surface area contributed by atoms with Crippen LogP contribution in [-0.4, -0.2) is 9.91 Å². The van der Waals surface area contributed by atoms with Crippen LogP contribution in [-0.2, 0) is 0 Å². The minimum Gasteiger partial charge on any atom is -0.361 e. The van der Waals surface area contributed by atoms with E-state index in [2.05, 4.69) is 4.98 Å². The van der Waals surface area contributed by atoms with Crippen molar-refractivity contribution in [2.75, 3.05) is 0 Å². The fourth-order valence-electron chi connectivity index (χ4n) is 1.67. The third-order valence-electron chi connectivity index (χ3n) is 2.70. The molecular weight excluding hydrogens is 204 g/mol. The number of nitro benzene ring substituents is 1. The molecule has 82 valence electrons. The van der Waals surface area contributed by atoms with Crippen LogP contribution >= 0.6 is 0 Å². The molecule has 0 bridgehead atoms. The van der Waals surface area contributed by atoms with Gasteiger partial charge in [-0.2, -0.15) is 0 Å². The Balaban J connectivity index is 2.68. The minimum atomic E-state index is -0.345. The van der Waals surface area contributed by atoms with Gasteiger partial charge < -0.3 is 4.98 Å². The van der Waals surface area contributed by atoms with Gasteiger partial charge in [0.1, 0.15) is 0 Å². The van der Waals surface area contributed by atoms with Gasteiger partial charge in [-0.15, -0.1) is 0 Å². The second-order valence-electron chi connectivity index (χ2n) is 3.79. The molecule has 1 N–H and O–H groups in total. The molecular formula is C12H12N2O2. The van der Waals surface area contributed by atoms with Crippen LogP contribution in [0.4, 0.5) is 5.69 Å². The minimum absolute atomic E-state index is 0.144. The summed E-state index contributed by atoms with van der Waals surface area (Å²) in [6.45, 7) is 3.83. The Hall–Kier alpha value is -2.10. The molecule has 1 aromatic carbocycles. The summed E-state index contributed by atoms with van der Waals surface area (Å²) in [5.41, 5.74) is 3.54. The van der Waals surface area contributed by atoms with Gasteiger partial charge in [-0.25, -0.2) is 0 Å². The SMILES string of the molecule is Cc1cc(-c2ccc[nH]2)c([N+](=O)[O-])cc1C. The third-order valence-corrected chi connectivity index (χ3v) is 2.70. The molecule has 0 atom stereocenters. The maximum atomic E-state index is 11.0. The van der Waals surface area contributed by atoms with Gasteiger partial charge in [-0.3, -0.25) is 10.1 Å². The van der Waals surface area contributed by atoms with E-state index >= 15 is 0 Å². The standard InChI is InChI=1S/C12H12N2O2/c1-8-6-10(11-4-3-5-13-11)12(14(15)16)7-9(8)2/h3-7,13H,1-2H3. The molecule has 1 aromatic heterocycles. The molecule has 0 saturated carbocycles. The molecule has 0 fully saturated rings. The molecule has 0 aliphatic rings. The largest absolute Gasteiger partial charge is 0.361 e. The van der Waals surface area contributed by atoms with Crippen molar-refractivity contribution in [3.63, 3.8) is 0 Å². The van der Waals surface area contributed by atoms with E-state index in [0.29, 0.717) is 5.56 Å². The Morgan fingerprint density at radius 2 is 1.94 bits per heavy atom. The van der Waals surface area contributed by atoms with Gasteiger partial charge in [0.05, 0.1) is 16.2 Å². The number of benzene rings is 1. The number of H-pyrrole nitrogens is 1. The summed E-state index contributed by atoms with van der Waals surface area (Å²) < 4.78 is 0. The highest BCUT2D eigenvalue weighted by Crippen LogP contribution is 2.31. The van der Waals surface area contributed by atoms with Gasteiger partial charge in [0.25, 0.3) is 5.69 Å². The first-order chi connectivity index (χ1) is 7.59. The molecule has 2 aromatic rings. The Morgan fingerprint density at radius 1 is 1.25 bits per heavy atom. The van der Waals surface area contributed by atoms with E-state index in [4.69, 9.17) is 0 Å². The van der Waals surface area contributed by atoms with Crippen molar-refractivity contribution >= 4 is 5.69 Å². The lowest BCUT2D eigenvalue weighted by Crippen LogP contribution is -1.95. The van der Waals surface area contributed by atoms with Gasteiger partial charge in [0.15, 0.2) is 0 Å². The van der Waals surface area contributed by atoms with Crippen LogP contribution in [0.3, 0.4) is 0 Å². The molecule has 4 heteroatoms. The molecule has 0 unspecified atom stereocenters. The number of nitrogens with zero attached hydrogens (tertiary/aromatic N) is 1.